The summed E-state index contributed by atoms with van der Waals surface area (Å²) in [5, 5.41) is 23.6. The zero-order valence-electron chi connectivity index (χ0n) is 11.0. The second-order valence-corrected chi connectivity index (χ2v) is 5.45. The van der Waals surface area contributed by atoms with Crippen LogP contribution < -0.4 is 0 Å². The first-order valence-corrected chi connectivity index (χ1v) is 7.19. The summed E-state index contributed by atoms with van der Waals surface area (Å²) in [6, 6.07) is 3.22. The maximum Gasteiger partial charge on any atom is 0.287 e. The highest BCUT2D eigenvalue weighted by molar-refractivity contribution is 7.99. The molecule has 0 amide bonds. The Labute approximate surface area is 123 Å². The summed E-state index contributed by atoms with van der Waals surface area (Å²) in [6.45, 7) is 1.40. The van der Waals surface area contributed by atoms with Crippen molar-refractivity contribution in [3.05, 3.63) is 28.4 Å². The lowest BCUT2D eigenvalue weighted by Gasteiger charge is -2.22. The van der Waals surface area contributed by atoms with Crippen molar-refractivity contribution in [2.24, 2.45) is 0 Å². The van der Waals surface area contributed by atoms with Crippen molar-refractivity contribution >= 4 is 17.4 Å². The Kier molecular flexibility index (Phi) is 4.06. The van der Waals surface area contributed by atoms with Gasteiger partial charge in [-0.05, 0) is 41.1 Å². The van der Waals surface area contributed by atoms with Crippen LogP contribution >= 0.6 is 11.8 Å². The first kappa shape index (κ1) is 13.9. The lowest BCUT2D eigenvalue weighted by molar-refractivity contribution is -0.385. The monoisotopic (exact) mass is 308 g/mol. The molecular formula is C11H12N6O3S. The van der Waals surface area contributed by atoms with E-state index in [2.05, 4.69) is 20.5 Å². The van der Waals surface area contributed by atoms with E-state index in [0.29, 0.717) is 23.4 Å². The van der Waals surface area contributed by atoms with Gasteiger partial charge in [-0.1, -0.05) is 0 Å². The molecule has 1 fully saturated rings. The zero-order chi connectivity index (χ0) is 14.7. The third-order valence-electron chi connectivity index (χ3n) is 3.13. The molecule has 0 aliphatic carbocycles. The summed E-state index contributed by atoms with van der Waals surface area (Å²) < 4.78 is 7.10. The molecule has 0 atom stereocenters. The molecule has 0 saturated carbocycles. The number of pyridine rings is 1. The maximum absolute atomic E-state index is 10.6. The first-order chi connectivity index (χ1) is 10.2. The topological polar surface area (TPSA) is 109 Å². The van der Waals surface area contributed by atoms with Gasteiger partial charge in [0.25, 0.3) is 5.69 Å². The average molecular weight is 308 g/mol. The number of tetrazole rings is 1. The highest BCUT2D eigenvalue weighted by Gasteiger charge is 2.21. The van der Waals surface area contributed by atoms with E-state index >= 15 is 0 Å². The minimum absolute atomic E-state index is 0.0385. The van der Waals surface area contributed by atoms with Gasteiger partial charge < -0.3 is 4.74 Å². The van der Waals surface area contributed by atoms with Crippen LogP contribution in [0.15, 0.2) is 28.5 Å². The second-order valence-electron chi connectivity index (χ2n) is 4.46. The fourth-order valence-electron chi connectivity index (χ4n) is 2.05. The van der Waals surface area contributed by atoms with Gasteiger partial charge in [0.2, 0.25) is 5.16 Å². The van der Waals surface area contributed by atoms with Gasteiger partial charge in [-0.3, -0.25) is 10.1 Å². The molecule has 0 aromatic carbocycles. The molecule has 110 valence electrons. The lowest BCUT2D eigenvalue weighted by atomic mass is 10.1. The number of nitro groups is 1. The highest BCUT2D eigenvalue weighted by atomic mass is 32.2. The second kappa shape index (κ2) is 6.14. The van der Waals surface area contributed by atoms with Crippen LogP contribution in [0.4, 0.5) is 5.69 Å². The number of aromatic nitrogens is 5. The van der Waals surface area contributed by atoms with E-state index < -0.39 is 4.92 Å². The van der Waals surface area contributed by atoms with E-state index in [1.54, 1.807) is 10.7 Å². The molecule has 9 nitrogen and oxygen atoms in total. The Morgan fingerprint density at radius 1 is 1.38 bits per heavy atom. The molecule has 1 aliphatic heterocycles. The molecule has 3 rings (SSSR count). The number of hydrogen-bond acceptors (Lipinski definition) is 8. The quantitative estimate of drug-likeness (QED) is 0.617. The summed E-state index contributed by atoms with van der Waals surface area (Å²) in [7, 11) is 0. The van der Waals surface area contributed by atoms with Crippen molar-refractivity contribution in [3.63, 3.8) is 0 Å². The van der Waals surface area contributed by atoms with Crippen LogP contribution in [0.25, 0.3) is 0 Å². The Morgan fingerprint density at radius 2 is 2.19 bits per heavy atom. The molecule has 1 saturated heterocycles. The Balaban J connectivity index is 1.75. The summed E-state index contributed by atoms with van der Waals surface area (Å²) >= 11 is 1.29. The maximum atomic E-state index is 10.6. The summed E-state index contributed by atoms with van der Waals surface area (Å²) in [4.78, 5) is 14.2. The molecule has 21 heavy (non-hydrogen) atoms. The van der Waals surface area contributed by atoms with Gasteiger partial charge >= 0.3 is 0 Å². The van der Waals surface area contributed by atoms with Crippen molar-refractivity contribution in [1.82, 2.24) is 25.2 Å². The van der Waals surface area contributed by atoms with Crippen molar-refractivity contribution < 1.29 is 9.66 Å². The van der Waals surface area contributed by atoms with E-state index in [1.165, 1.54) is 24.0 Å². The van der Waals surface area contributed by atoms with E-state index in [4.69, 9.17) is 4.74 Å². The molecular weight excluding hydrogens is 296 g/mol. The van der Waals surface area contributed by atoms with Gasteiger partial charge in [0, 0.05) is 19.3 Å². The fraction of sp³-hybridized carbons (Fsp3) is 0.455. The van der Waals surface area contributed by atoms with Crippen molar-refractivity contribution in [1.29, 1.82) is 0 Å². The molecule has 2 aromatic rings. The van der Waals surface area contributed by atoms with E-state index in [9.17, 15) is 10.1 Å². The van der Waals surface area contributed by atoms with E-state index in [1.807, 2.05) is 0 Å². The Bertz CT molecular complexity index is 625. The predicted molar refractivity (Wildman–Crippen MR) is 71.9 cm³/mol. The minimum Gasteiger partial charge on any atom is -0.381 e. The average Bonchev–Trinajstić information content (AvgIpc) is 2.97. The van der Waals surface area contributed by atoms with Crippen molar-refractivity contribution in [2.75, 3.05) is 13.2 Å². The minimum atomic E-state index is -0.479. The predicted octanol–water partition coefficient (Wildman–Crippen LogP) is 1.48. The van der Waals surface area contributed by atoms with Crippen LogP contribution in [0.3, 0.4) is 0 Å². The van der Waals surface area contributed by atoms with Crippen LogP contribution in [-0.4, -0.2) is 43.3 Å². The molecule has 3 heterocycles. The normalized spacial score (nSPS) is 16.0. The molecule has 10 heteroatoms. The smallest absolute Gasteiger partial charge is 0.287 e. The fourth-order valence-corrected chi connectivity index (χ4v) is 2.83. The van der Waals surface area contributed by atoms with Gasteiger partial charge in [0.1, 0.15) is 11.2 Å². The van der Waals surface area contributed by atoms with E-state index in [0.717, 1.165) is 12.8 Å². The van der Waals surface area contributed by atoms with Crippen LogP contribution in [-0.2, 0) is 4.74 Å². The molecule has 0 unspecified atom stereocenters. The molecule has 0 radical (unpaired) electrons. The number of ether oxygens (including phenoxy) is 1. The SMILES string of the molecule is O=[N+]([O-])c1ccc(Sc2nnnn2C2CCOCC2)nc1. The van der Waals surface area contributed by atoms with Gasteiger partial charge in [0.15, 0.2) is 0 Å². The molecule has 2 aromatic heterocycles. The Morgan fingerprint density at radius 3 is 2.86 bits per heavy atom. The Hall–Kier alpha value is -2.07. The molecule has 0 N–H and O–H groups in total. The number of nitrogens with zero attached hydrogens (tertiary/aromatic N) is 6. The summed E-state index contributed by atoms with van der Waals surface area (Å²) in [5.41, 5.74) is -0.0385. The molecule has 0 bridgehead atoms. The highest BCUT2D eigenvalue weighted by Crippen LogP contribution is 2.29. The van der Waals surface area contributed by atoms with E-state index in [-0.39, 0.29) is 11.7 Å². The lowest BCUT2D eigenvalue weighted by Crippen LogP contribution is -2.21. The van der Waals surface area contributed by atoms with Crippen molar-refractivity contribution in [3.8, 4) is 0 Å². The van der Waals surface area contributed by atoms with Gasteiger partial charge in [-0.25, -0.2) is 9.67 Å². The van der Waals surface area contributed by atoms with Crippen molar-refractivity contribution in [2.45, 2.75) is 29.1 Å². The van der Waals surface area contributed by atoms with Crippen LogP contribution in [0.2, 0.25) is 0 Å². The largest absolute Gasteiger partial charge is 0.381 e. The summed E-state index contributed by atoms with van der Waals surface area (Å²) in [6.07, 6.45) is 2.96. The third kappa shape index (κ3) is 3.16. The third-order valence-corrected chi connectivity index (χ3v) is 4.03. The zero-order valence-corrected chi connectivity index (χ0v) is 11.8. The standard InChI is InChI=1S/C11H12N6O3S/c18-17(19)9-1-2-10(12-7-9)21-11-13-14-15-16(11)8-3-5-20-6-4-8/h1-2,7-8H,3-6H2. The van der Waals surface area contributed by atoms with Crippen LogP contribution in [0, 0.1) is 10.1 Å². The van der Waals surface area contributed by atoms with Gasteiger partial charge in [-0.2, -0.15) is 0 Å². The summed E-state index contributed by atoms with van der Waals surface area (Å²) in [5.74, 6) is 0. The van der Waals surface area contributed by atoms with Gasteiger partial charge in [-0.15, -0.1) is 5.10 Å². The number of hydrogen-bond donors (Lipinski definition) is 0. The molecule has 0 spiro atoms. The van der Waals surface area contributed by atoms with Gasteiger partial charge in [0.05, 0.1) is 11.0 Å². The van der Waals surface area contributed by atoms with Crippen LogP contribution in [0.5, 0.6) is 0 Å². The number of rotatable bonds is 4. The van der Waals surface area contributed by atoms with Crippen LogP contribution in [0.1, 0.15) is 18.9 Å². The first-order valence-electron chi connectivity index (χ1n) is 6.38. The molecule has 1 aliphatic rings.